The number of benzene rings is 1. The van der Waals surface area contributed by atoms with Crippen LogP contribution in [0, 0.1) is 19.8 Å². The summed E-state index contributed by atoms with van der Waals surface area (Å²) in [6.07, 6.45) is 5.32. The van der Waals surface area contributed by atoms with Crippen molar-refractivity contribution in [1.29, 1.82) is 0 Å². The van der Waals surface area contributed by atoms with Gasteiger partial charge in [0.1, 0.15) is 0 Å². The smallest absolute Gasteiger partial charge is 0.339 e. The topological polar surface area (TPSA) is 69.9 Å². The fourth-order valence-electron chi connectivity index (χ4n) is 4.30. The van der Waals surface area contributed by atoms with Crippen molar-refractivity contribution in [3.8, 4) is 17.1 Å². The Morgan fingerprint density at radius 1 is 0.853 bits per heavy atom. The van der Waals surface area contributed by atoms with Crippen molar-refractivity contribution in [2.24, 2.45) is 5.92 Å². The molecule has 6 heteroatoms. The van der Waals surface area contributed by atoms with E-state index in [1.807, 2.05) is 36.9 Å². The van der Waals surface area contributed by atoms with Crippen LogP contribution >= 0.6 is 0 Å². The third kappa shape index (κ3) is 4.12. The van der Waals surface area contributed by atoms with Gasteiger partial charge in [0.25, 0.3) is 0 Å². The molecule has 174 valence electrons. The van der Waals surface area contributed by atoms with Crippen LogP contribution in [0.15, 0.2) is 67.1 Å². The van der Waals surface area contributed by atoms with Gasteiger partial charge in [0.2, 0.25) is 5.95 Å². The molecule has 0 aliphatic carbocycles. The van der Waals surface area contributed by atoms with Crippen molar-refractivity contribution in [3.63, 3.8) is 0 Å². The molecule has 1 aromatic carbocycles. The van der Waals surface area contributed by atoms with Gasteiger partial charge in [-0.25, -0.2) is 14.8 Å². The number of aryl methyl sites for hydroxylation is 2. The highest BCUT2D eigenvalue weighted by Crippen LogP contribution is 2.38. The third-order valence-corrected chi connectivity index (χ3v) is 6.80. The maximum atomic E-state index is 11.8. The van der Waals surface area contributed by atoms with Crippen LogP contribution in [0.1, 0.15) is 53.8 Å². The molecule has 0 spiro atoms. The number of nitrogens with zero attached hydrogens (tertiary/aromatic N) is 4. The van der Waals surface area contributed by atoms with Gasteiger partial charge in [0.15, 0.2) is 0 Å². The van der Waals surface area contributed by atoms with Gasteiger partial charge in [-0.2, -0.15) is 0 Å². The van der Waals surface area contributed by atoms with Crippen LogP contribution in [-0.4, -0.2) is 32.6 Å². The van der Waals surface area contributed by atoms with Crippen LogP contribution in [0.2, 0.25) is 0 Å². The summed E-state index contributed by atoms with van der Waals surface area (Å²) in [6, 6.07) is 16.3. The van der Waals surface area contributed by atoms with Crippen molar-refractivity contribution in [2.45, 2.75) is 40.0 Å². The first-order valence-corrected chi connectivity index (χ1v) is 11.4. The Kier molecular flexibility index (Phi) is 6.33. The Balaban J connectivity index is 1.63. The maximum Gasteiger partial charge on any atom is 0.339 e. The highest BCUT2D eigenvalue weighted by Gasteiger charge is 2.34. The maximum absolute atomic E-state index is 11.8. The third-order valence-electron chi connectivity index (χ3n) is 6.80. The number of methoxy groups -OCH3 is 1. The van der Waals surface area contributed by atoms with E-state index in [1.54, 1.807) is 12.3 Å². The van der Waals surface area contributed by atoms with Crippen molar-refractivity contribution in [2.75, 3.05) is 7.11 Å². The molecule has 34 heavy (non-hydrogen) atoms. The number of rotatable bonds is 6. The number of aromatic nitrogens is 4. The second kappa shape index (κ2) is 9.21. The average molecular weight is 455 g/mol. The summed E-state index contributed by atoms with van der Waals surface area (Å²) in [7, 11) is 1.37. The minimum absolute atomic E-state index is 0.283. The summed E-state index contributed by atoms with van der Waals surface area (Å²) in [4.78, 5) is 25.6. The Bertz CT molecular complexity index is 1270. The van der Waals surface area contributed by atoms with E-state index in [2.05, 4.69) is 72.1 Å². The number of pyridine rings is 1. The molecule has 0 saturated heterocycles. The molecule has 1 atom stereocenters. The highest BCUT2D eigenvalue weighted by molar-refractivity contribution is 5.88. The molecule has 0 bridgehead atoms. The number of esters is 1. The second-order valence-electron chi connectivity index (χ2n) is 9.08. The van der Waals surface area contributed by atoms with Crippen LogP contribution in [-0.2, 0) is 10.2 Å². The summed E-state index contributed by atoms with van der Waals surface area (Å²) in [6.45, 7) is 10.6. The molecular formula is C28H30N4O2. The summed E-state index contributed by atoms with van der Waals surface area (Å²) in [5.41, 5.74) is 6.42. The predicted molar refractivity (Wildman–Crippen MR) is 133 cm³/mol. The van der Waals surface area contributed by atoms with Gasteiger partial charge < -0.3 is 4.74 Å². The molecule has 0 radical (unpaired) electrons. The Morgan fingerprint density at radius 3 is 1.97 bits per heavy atom. The fourth-order valence-corrected chi connectivity index (χ4v) is 4.30. The van der Waals surface area contributed by atoms with Crippen molar-refractivity contribution >= 4 is 5.97 Å². The van der Waals surface area contributed by atoms with Crippen LogP contribution < -0.4 is 0 Å². The zero-order chi connectivity index (χ0) is 24.5. The standard InChI is InChI=1S/C28H30N4O2/c1-18(2)28(5,25-14-11-22(15-29-25)26(33)34-6)24-12-9-21(10-13-24)23-16-30-27(31-17-23)32-19(3)7-8-20(32)4/h7-18H,1-6H3. The molecule has 0 aliphatic heterocycles. The fraction of sp³-hybridized carbons (Fsp3) is 0.286. The minimum atomic E-state index is -0.384. The van der Waals surface area contributed by atoms with Gasteiger partial charge in [-0.1, -0.05) is 38.1 Å². The Hall–Kier alpha value is -3.80. The lowest BCUT2D eigenvalue weighted by atomic mass is 9.70. The number of carbonyl (C=O) groups excluding carboxylic acids is 1. The van der Waals surface area contributed by atoms with Crippen LogP contribution in [0.5, 0.6) is 0 Å². The number of ether oxygens (including phenoxy) is 1. The van der Waals surface area contributed by atoms with E-state index >= 15 is 0 Å². The van der Waals surface area contributed by atoms with Gasteiger partial charge in [-0.05, 0) is 62.1 Å². The van der Waals surface area contributed by atoms with Crippen LogP contribution in [0.3, 0.4) is 0 Å². The van der Waals surface area contributed by atoms with Crippen LogP contribution in [0.25, 0.3) is 17.1 Å². The first kappa shape index (κ1) is 23.4. The molecule has 4 rings (SSSR count). The second-order valence-corrected chi connectivity index (χ2v) is 9.08. The minimum Gasteiger partial charge on any atom is -0.465 e. The van der Waals surface area contributed by atoms with E-state index in [9.17, 15) is 4.79 Å². The molecule has 0 fully saturated rings. The first-order chi connectivity index (χ1) is 16.3. The molecule has 0 N–H and O–H groups in total. The van der Waals surface area contributed by atoms with Crippen LogP contribution in [0.4, 0.5) is 0 Å². The molecule has 1 unspecified atom stereocenters. The molecule has 0 aliphatic rings. The predicted octanol–water partition coefficient (Wildman–Crippen LogP) is 5.69. The van der Waals surface area contributed by atoms with Crippen molar-refractivity contribution in [1.82, 2.24) is 19.5 Å². The zero-order valence-electron chi connectivity index (χ0n) is 20.5. The quantitative estimate of drug-likeness (QED) is 0.350. The molecule has 4 aromatic rings. The van der Waals surface area contributed by atoms with E-state index in [4.69, 9.17) is 4.74 Å². The summed E-state index contributed by atoms with van der Waals surface area (Å²) >= 11 is 0. The number of hydrogen-bond donors (Lipinski definition) is 0. The number of carbonyl (C=O) groups is 1. The van der Waals surface area contributed by atoms with E-state index in [0.717, 1.165) is 33.8 Å². The Labute approximate surface area is 200 Å². The lowest BCUT2D eigenvalue weighted by molar-refractivity contribution is 0.0600. The normalized spacial score (nSPS) is 13.0. The average Bonchev–Trinajstić information content (AvgIpc) is 3.20. The lowest BCUT2D eigenvalue weighted by Crippen LogP contribution is -2.31. The summed E-state index contributed by atoms with van der Waals surface area (Å²) < 4.78 is 6.84. The van der Waals surface area contributed by atoms with Gasteiger partial charge >= 0.3 is 5.97 Å². The van der Waals surface area contributed by atoms with E-state index in [0.29, 0.717) is 11.5 Å². The zero-order valence-corrected chi connectivity index (χ0v) is 20.5. The van der Waals surface area contributed by atoms with Gasteiger partial charge in [0, 0.05) is 41.0 Å². The molecule has 0 saturated carbocycles. The summed E-state index contributed by atoms with van der Waals surface area (Å²) in [5.74, 6) is 0.574. The lowest BCUT2D eigenvalue weighted by Gasteiger charge is -2.34. The summed E-state index contributed by atoms with van der Waals surface area (Å²) in [5, 5.41) is 0. The Morgan fingerprint density at radius 2 is 1.47 bits per heavy atom. The van der Waals surface area contributed by atoms with E-state index in [-0.39, 0.29) is 17.3 Å². The molecule has 6 nitrogen and oxygen atoms in total. The number of hydrogen-bond acceptors (Lipinski definition) is 5. The largest absolute Gasteiger partial charge is 0.465 e. The van der Waals surface area contributed by atoms with Gasteiger partial charge in [-0.3, -0.25) is 9.55 Å². The van der Waals surface area contributed by atoms with Gasteiger partial charge in [-0.15, -0.1) is 0 Å². The molecule has 0 amide bonds. The monoisotopic (exact) mass is 454 g/mol. The van der Waals surface area contributed by atoms with Gasteiger partial charge in [0.05, 0.1) is 18.4 Å². The molecular weight excluding hydrogens is 424 g/mol. The highest BCUT2D eigenvalue weighted by atomic mass is 16.5. The SMILES string of the molecule is COC(=O)c1ccc(C(C)(c2ccc(-c3cnc(-n4c(C)ccc4C)nc3)cc2)C(C)C)nc1. The first-order valence-electron chi connectivity index (χ1n) is 11.4. The van der Waals surface area contributed by atoms with Crippen molar-refractivity contribution < 1.29 is 9.53 Å². The molecule has 3 aromatic heterocycles. The molecule has 3 heterocycles. The van der Waals surface area contributed by atoms with Crippen molar-refractivity contribution in [3.05, 3.63) is 95.3 Å². The van der Waals surface area contributed by atoms with E-state index < -0.39 is 0 Å². The van der Waals surface area contributed by atoms with E-state index in [1.165, 1.54) is 7.11 Å².